The Balaban J connectivity index is 1.83. The van der Waals surface area contributed by atoms with E-state index in [0.29, 0.717) is 18.5 Å². The molecule has 1 heterocycles. The first kappa shape index (κ1) is 17.5. The number of fused-ring (bicyclic) bond motifs is 1. The monoisotopic (exact) mass is 377 g/mol. The van der Waals surface area contributed by atoms with Crippen LogP contribution in [0.3, 0.4) is 0 Å². The lowest BCUT2D eigenvalue weighted by atomic mass is 10.1. The number of aliphatic carboxylic acids is 1. The molecule has 7 heteroatoms. The Kier molecular flexibility index (Phi) is 4.79. The Morgan fingerprint density at radius 1 is 1.00 bits per heavy atom. The lowest BCUT2D eigenvalue weighted by molar-refractivity contribution is -0.137. The fourth-order valence-electron chi connectivity index (χ4n) is 2.75. The van der Waals surface area contributed by atoms with Crippen LogP contribution < -0.4 is 4.90 Å². The molecule has 2 aromatic carbocycles. The predicted octanol–water partition coefficient (Wildman–Crippen LogP) is 4.20. The molecule has 0 fully saturated rings. The highest BCUT2D eigenvalue weighted by Gasteiger charge is 2.38. The van der Waals surface area contributed by atoms with Crippen LogP contribution in [0.1, 0.15) is 39.1 Å². The van der Waals surface area contributed by atoms with Gasteiger partial charge in [0, 0.05) is 6.42 Å². The van der Waals surface area contributed by atoms with Crippen molar-refractivity contribution in [2.75, 3.05) is 4.90 Å². The lowest BCUT2D eigenvalue weighted by Gasteiger charge is -2.14. The van der Waals surface area contributed by atoms with E-state index < -0.39 is 17.8 Å². The van der Waals surface area contributed by atoms with Gasteiger partial charge in [-0.25, -0.2) is 4.90 Å². The van der Waals surface area contributed by atoms with Crippen LogP contribution in [-0.4, -0.2) is 22.9 Å². The number of imide groups is 1. The minimum absolute atomic E-state index is 0.0744. The number of nitrogens with zero attached hydrogens (tertiary/aromatic N) is 1. The van der Waals surface area contributed by atoms with Crippen LogP contribution in [0, 0.1) is 0 Å². The zero-order chi connectivity index (χ0) is 18.1. The molecule has 1 aliphatic heterocycles. The van der Waals surface area contributed by atoms with Crippen LogP contribution in [0.25, 0.3) is 0 Å². The van der Waals surface area contributed by atoms with Crippen LogP contribution in [-0.2, 0) is 11.2 Å². The molecule has 25 heavy (non-hydrogen) atoms. The van der Waals surface area contributed by atoms with Gasteiger partial charge >= 0.3 is 5.97 Å². The van der Waals surface area contributed by atoms with E-state index in [2.05, 4.69) is 0 Å². The molecule has 128 valence electrons. The van der Waals surface area contributed by atoms with Gasteiger partial charge in [-0.15, -0.1) is 0 Å². The molecule has 0 unspecified atom stereocenters. The van der Waals surface area contributed by atoms with Gasteiger partial charge in [0.15, 0.2) is 0 Å². The number of halogens is 2. The number of aryl methyl sites for hydroxylation is 1. The summed E-state index contributed by atoms with van der Waals surface area (Å²) in [6, 6.07) is 9.85. The van der Waals surface area contributed by atoms with Crippen molar-refractivity contribution in [3.8, 4) is 0 Å². The molecule has 0 atom stereocenters. The van der Waals surface area contributed by atoms with Gasteiger partial charge in [-0.1, -0.05) is 35.3 Å². The number of hydrogen-bond acceptors (Lipinski definition) is 3. The van der Waals surface area contributed by atoms with Crippen LogP contribution in [0.2, 0.25) is 10.0 Å². The van der Waals surface area contributed by atoms with Crippen molar-refractivity contribution in [3.63, 3.8) is 0 Å². The Labute approximate surface area is 153 Å². The van der Waals surface area contributed by atoms with E-state index in [4.69, 9.17) is 28.3 Å². The highest BCUT2D eigenvalue weighted by molar-refractivity contribution is 6.47. The summed E-state index contributed by atoms with van der Waals surface area (Å²) >= 11 is 12.0. The van der Waals surface area contributed by atoms with Gasteiger partial charge < -0.3 is 5.11 Å². The Hall–Kier alpha value is -2.37. The van der Waals surface area contributed by atoms with Crippen molar-refractivity contribution in [2.45, 2.75) is 19.3 Å². The van der Waals surface area contributed by atoms with Gasteiger partial charge in [0.1, 0.15) is 0 Å². The predicted molar refractivity (Wildman–Crippen MR) is 94.6 cm³/mol. The van der Waals surface area contributed by atoms with Crippen LogP contribution >= 0.6 is 23.2 Å². The van der Waals surface area contributed by atoms with Crippen molar-refractivity contribution < 1.29 is 19.5 Å². The average Bonchev–Trinajstić information content (AvgIpc) is 2.83. The maximum absolute atomic E-state index is 12.6. The van der Waals surface area contributed by atoms with Crippen molar-refractivity contribution in [2.24, 2.45) is 0 Å². The largest absolute Gasteiger partial charge is 0.481 e. The molecular formula is C18H13Cl2NO4. The summed E-state index contributed by atoms with van der Waals surface area (Å²) in [4.78, 5) is 36.8. The normalized spacial score (nSPS) is 13.3. The zero-order valence-corrected chi connectivity index (χ0v) is 14.5. The van der Waals surface area contributed by atoms with E-state index in [0.717, 1.165) is 10.5 Å². The molecule has 3 rings (SSSR count). The fourth-order valence-corrected chi connectivity index (χ4v) is 3.16. The first-order chi connectivity index (χ1) is 11.9. The van der Waals surface area contributed by atoms with Gasteiger partial charge in [-0.3, -0.25) is 14.4 Å². The summed E-state index contributed by atoms with van der Waals surface area (Å²) in [5, 5.41) is 8.96. The fraction of sp³-hybridized carbons (Fsp3) is 0.167. The van der Waals surface area contributed by atoms with Crippen molar-refractivity contribution in [1.29, 1.82) is 0 Å². The first-order valence-corrected chi connectivity index (χ1v) is 8.33. The molecule has 1 aliphatic rings. The number of amides is 2. The third-order valence-corrected chi connectivity index (χ3v) is 4.80. The highest BCUT2D eigenvalue weighted by Crippen LogP contribution is 2.36. The number of carboxylic acids is 1. The second-order valence-electron chi connectivity index (χ2n) is 5.64. The molecule has 1 N–H and O–H groups in total. The molecule has 0 saturated heterocycles. The Bertz CT molecular complexity index is 877. The van der Waals surface area contributed by atoms with Crippen molar-refractivity contribution >= 4 is 46.7 Å². The summed E-state index contributed by atoms with van der Waals surface area (Å²) in [5.74, 6) is -1.79. The maximum atomic E-state index is 12.6. The highest BCUT2D eigenvalue weighted by atomic mass is 35.5. The molecule has 0 radical (unpaired) electrons. The minimum atomic E-state index is -0.835. The topological polar surface area (TPSA) is 74.7 Å². The standard InChI is InChI=1S/C18H13Cl2NO4/c19-13-9-8-12-15(16(13)20)18(25)21(17(12)24)11-6-4-10(5-7-11)2-1-3-14(22)23/h4-9H,1-3H2,(H,22,23). The molecule has 5 nitrogen and oxygen atoms in total. The van der Waals surface area contributed by atoms with Crippen LogP contribution in [0.5, 0.6) is 0 Å². The van der Waals surface area contributed by atoms with Crippen molar-refractivity contribution in [1.82, 2.24) is 0 Å². The number of carboxylic acid groups (broad SMARTS) is 1. The second-order valence-corrected chi connectivity index (χ2v) is 6.43. The Morgan fingerprint density at radius 3 is 2.32 bits per heavy atom. The molecule has 0 saturated carbocycles. The van der Waals surface area contributed by atoms with E-state index in [-0.39, 0.29) is 27.6 Å². The molecule has 2 aromatic rings. The summed E-state index contributed by atoms with van der Waals surface area (Å²) in [6.45, 7) is 0. The quantitative estimate of drug-likeness (QED) is 0.792. The SMILES string of the molecule is O=C(O)CCCc1ccc(N2C(=O)c3ccc(Cl)c(Cl)c3C2=O)cc1. The third kappa shape index (κ3) is 3.25. The summed E-state index contributed by atoms with van der Waals surface area (Å²) in [6.07, 6.45) is 1.23. The van der Waals surface area contributed by atoms with E-state index in [9.17, 15) is 14.4 Å². The van der Waals surface area contributed by atoms with Gasteiger partial charge in [-0.05, 0) is 42.7 Å². The molecule has 0 spiro atoms. The van der Waals surface area contributed by atoms with Crippen LogP contribution in [0.4, 0.5) is 5.69 Å². The smallest absolute Gasteiger partial charge is 0.303 e. The van der Waals surface area contributed by atoms with Gasteiger partial charge in [0.25, 0.3) is 11.8 Å². The molecule has 2 amide bonds. The number of hydrogen-bond donors (Lipinski definition) is 1. The van der Waals surface area contributed by atoms with Crippen molar-refractivity contribution in [3.05, 3.63) is 63.1 Å². The van der Waals surface area contributed by atoms with E-state index in [1.54, 1.807) is 24.3 Å². The number of rotatable bonds is 5. The van der Waals surface area contributed by atoms with Crippen LogP contribution in [0.15, 0.2) is 36.4 Å². The molecule has 0 aliphatic carbocycles. The summed E-state index contributed by atoms with van der Waals surface area (Å²) in [5.41, 5.74) is 1.71. The van der Waals surface area contributed by atoms with E-state index >= 15 is 0 Å². The van der Waals surface area contributed by atoms with E-state index in [1.165, 1.54) is 12.1 Å². The minimum Gasteiger partial charge on any atom is -0.481 e. The zero-order valence-electron chi connectivity index (χ0n) is 13.0. The van der Waals surface area contributed by atoms with Gasteiger partial charge in [0.05, 0.1) is 26.9 Å². The van der Waals surface area contributed by atoms with Gasteiger partial charge in [-0.2, -0.15) is 0 Å². The van der Waals surface area contributed by atoms with Gasteiger partial charge in [0.2, 0.25) is 0 Å². The number of anilines is 1. The Morgan fingerprint density at radius 2 is 1.68 bits per heavy atom. The number of carbonyl (C=O) groups excluding carboxylic acids is 2. The first-order valence-electron chi connectivity index (χ1n) is 7.57. The number of carbonyl (C=O) groups is 3. The molecule has 0 aromatic heterocycles. The summed E-state index contributed by atoms with van der Waals surface area (Å²) < 4.78 is 0. The average molecular weight is 378 g/mol. The lowest BCUT2D eigenvalue weighted by Crippen LogP contribution is -2.29. The summed E-state index contributed by atoms with van der Waals surface area (Å²) in [7, 11) is 0. The maximum Gasteiger partial charge on any atom is 0.303 e. The molecular weight excluding hydrogens is 365 g/mol. The number of benzene rings is 2. The van der Waals surface area contributed by atoms with E-state index in [1.807, 2.05) is 0 Å². The second kappa shape index (κ2) is 6.86. The third-order valence-electron chi connectivity index (χ3n) is 4.00. The molecule has 0 bridgehead atoms.